The van der Waals surface area contributed by atoms with Crippen LogP contribution in [-0.2, 0) is 11.3 Å². The highest BCUT2D eigenvalue weighted by Crippen LogP contribution is 2.29. The third-order valence-corrected chi connectivity index (χ3v) is 3.35. The average molecular weight is 284 g/mol. The Morgan fingerprint density at radius 1 is 1.37 bits per heavy atom. The van der Waals surface area contributed by atoms with Gasteiger partial charge in [-0.3, -0.25) is 0 Å². The summed E-state index contributed by atoms with van der Waals surface area (Å²) in [5.74, 6) is 1.44. The molecule has 0 heterocycles. The summed E-state index contributed by atoms with van der Waals surface area (Å²) >= 11 is 6.19. The smallest absolute Gasteiger partial charge is 0.189 e. The van der Waals surface area contributed by atoms with Crippen LogP contribution in [0.3, 0.4) is 0 Å². The first-order valence-electron chi connectivity index (χ1n) is 6.87. The molecular formula is C15H22ClNO2. The van der Waals surface area contributed by atoms with Gasteiger partial charge in [-0.1, -0.05) is 31.5 Å². The molecule has 0 aromatic heterocycles. The van der Waals surface area contributed by atoms with Crippen LogP contribution in [0.5, 0.6) is 5.75 Å². The molecule has 1 saturated carbocycles. The molecule has 0 radical (unpaired) electrons. The fraction of sp³-hybridized carbons (Fsp3) is 0.600. The van der Waals surface area contributed by atoms with Crippen LogP contribution in [0.25, 0.3) is 0 Å². The number of ether oxygens (including phenoxy) is 2. The molecule has 0 spiro atoms. The van der Waals surface area contributed by atoms with Crippen LogP contribution >= 0.6 is 11.6 Å². The van der Waals surface area contributed by atoms with Gasteiger partial charge in [0.15, 0.2) is 6.79 Å². The Labute approximate surface area is 120 Å². The van der Waals surface area contributed by atoms with Crippen molar-refractivity contribution < 1.29 is 9.47 Å². The zero-order valence-corrected chi connectivity index (χ0v) is 12.4. The quantitative estimate of drug-likeness (QED) is 0.584. The lowest BCUT2D eigenvalue weighted by atomic mass is 10.2. The molecule has 1 aromatic rings. The summed E-state index contributed by atoms with van der Waals surface area (Å²) in [5, 5.41) is 3.99. The summed E-state index contributed by atoms with van der Waals surface area (Å²) < 4.78 is 11.0. The lowest BCUT2D eigenvalue weighted by molar-refractivity contribution is 0.0100. The maximum absolute atomic E-state index is 6.19. The van der Waals surface area contributed by atoms with Gasteiger partial charge in [0.2, 0.25) is 0 Å². The standard InChI is InChI=1S/C15H22ClNO2/c1-11(2)17-8-13-5-6-15(14(16)7-13)19-10-18-9-12-3-4-12/h5-7,11-12,17H,3-4,8-10H2,1-2H3. The normalized spacial score (nSPS) is 14.9. The number of hydrogen-bond acceptors (Lipinski definition) is 3. The molecule has 0 atom stereocenters. The highest BCUT2D eigenvalue weighted by atomic mass is 35.5. The summed E-state index contributed by atoms with van der Waals surface area (Å²) in [6, 6.07) is 6.33. The van der Waals surface area contributed by atoms with Crippen molar-refractivity contribution in [3.8, 4) is 5.75 Å². The van der Waals surface area contributed by atoms with Crippen LogP contribution in [0, 0.1) is 5.92 Å². The molecule has 4 heteroatoms. The van der Waals surface area contributed by atoms with Gasteiger partial charge in [0, 0.05) is 12.6 Å². The van der Waals surface area contributed by atoms with E-state index in [1.807, 2.05) is 18.2 Å². The summed E-state index contributed by atoms with van der Waals surface area (Å²) in [6.45, 7) is 6.14. The van der Waals surface area contributed by atoms with Crippen LogP contribution in [0.4, 0.5) is 0 Å². The second-order valence-electron chi connectivity index (χ2n) is 5.38. The van der Waals surface area contributed by atoms with E-state index in [0.29, 0.717) is 16.8 Å². The van der Waals surface area contributed by atoms with Crippen molar-refractivity contribution in [1.29, 1.82) is 0 Å². The van der Waals surface area contributed by atoms with Gasteiger partial charge in [0.1, 0.15) is 5.75 Å². The first kappa shape index (κ1) is 14.6. The van der Waals surface area contributed by atoms with Gasteiger partial charge in [-0.25, -0.2) is 0 Å². The summed E-state index contributed by atoms with van der Waals surface area (Å²) in [5.41, 5.74) is 1.16. The molecule has 0 saturated heterocycles. The zero-order valence-electron chi connectivity index (χ0n) is 11.6. The monoisotopic (exact) mass is 283 g/mol. The van der Waals surface area contributed by atoms with E-state index in [2.05, 4.69) is 19.2 Å². The minimum absolute atomic E-state index is 0.278. The van der Waals surface area contributed by atoms with Gasteiger partial charge < -0.3 is 14.8 Å². The molecule has 2 rings (SSSR count). The summed E-state index contributed by atoms with van der Waals surface area (Å²) in [4.78, 5) is 0. The molecule has 19 heavy (non-hydrogen) atoms. The fourth-order valence-electron chi connectivity index (χ4n) is 1.70. The fourth-order valence-corrected chi connectivity index (χ4v) is 1.96. The molecule has 106 valence electrons. The number of benzene rings is 1. The van der Waals surface area contributed by atoms with Gasteiger partial charge in [-0.2, -0.15) is 0 Å². The molecule has 0 bridgehead atoms. The second-order valence-corrected chi connectivity index (χ2v) is 5.78. The SMILES string of the molecule is CC(C)NCc1ccc(OCOCC2CC2)c(Cl)c1. The van der Waals surface area contributed by atoms with Crippen LogP contribution in [0.1, 0.15) is 32.3 Å². The molecule has 0 unspecified atom stereocenters. The lowest BCUT2D eigenvalue weighted by Crippen LogP contribution is -2.21. The first-order valence-corrected chi connectivity index (χ1v) is 7.25. The van der Waals surface area contributed by atoms with Gasteiger partial charge in [0.05, 0.1) is 11.6 Å². The van der Waals surface area contributed by atoms with E-state index in [1.54, 1.807) is 0 Å². The van der Waals surface area contributed by atoms with E-state index < -0.39 is 0 Å². The Morgan fingerprint density at radius 2 is 2.16 bits per heavy atom. The van der Waals surface area contributed by atoms with Crippen LogP contribution in [0.15, 0.2) is 18.2 Å². The highest BCUT2D eigenvalue weighted by molar-refractivity contribution is 6.32. The molecule has 1 N–H and O–H groups in total. The first-order chi connectivity index (χ1) is 9.15. The van der Waals surface area contributed by atoms with Crippen molar-refractivity contribution in [2.45, 2.75) is 39.3 Å². The number of halogens is 1. The van der Waals surface area contributed by atoms with Crippen molar-refractivity contribution in [2.75, 3.05) is 13.4 Å². The maximum atomic E-state index is 6.19. The van der Waals surface area contributed by atoms with Crippen molar-refractivity contribution in [3.05, 3.63) is 28.8 Å². The Hall–Kier alpha value is -0.770. The minimum atomic E-state index is 0.278. The third kappa shape index (κ3) is 5.39. The van der Waals surface area contributed by atoms with E-state index in [1.165, 1.54) is 12.8 Å². The van der Waals surface area contributed by atoms with E-state index in [4.69, 9.17) is 21.1 Å². The summed E-state index contributed by atoms with van der Waals surface area (Å²) in [6.07, 6.45) is 2.58. The van der Waals surface area contributed by atoms with Crippen molar-refractivity contribution in [3.63, 3.8) is 0 Å². The van der Waals surface area contributed by atoms with Gasteiger partial charge in [-0.05, 0) is 36.5 Å². The van der Waals surface area contributed by atoms with E-state index in [9.17, 15) is 0 Å². The Balaban J connectivity index is 1.76. The van der Waals surface area contributed by atoms with Crippen molar-refractivity contribution >= 4 is 11.6 Å². The van der Waals surface area contributed by atoms with Crippen LogP contribution in [0.2, 0.25) is 5.02 Å². The zero-order chi connectivity index (χ0) is 13.7. The molecule has 1 aliphatic carbocycles. The second kappa shape index (κ2) is 7.13. The minimum Gasteiger partial charge on any atom is -0.466 e. The van der Waals surface area contributed by atoms with Gasteiger partial charge in [0.25, 0.3) is 0 Å². The predicted octanol–water partition coefficient (Wildman–Crippen LogP) is 3.60. The molecule has 1 fully saturated rings. The maximum Gasteiger partial charge on any atom is 0.189 e. The number of hydrogen-bond donors (Lipinski definition) is 1. The van der Waals surface area contributed by atoms with E-state index >= 15 is 0 Å². The predicted molar refractivity (Wildman–Crippen MR) is 77.6 cm³/mol. The molecule has 1 aliphatic rings. The highest BCUT2D eigenvalue weighted by Gasteiger charge is 2.21. The lowest BCUT2D eigenvalue weighted by Gasteiger charge is -2.11. The largest absolute Gasteiger partial charge is 0.466 e. The topological polar surface area (TPSA) is 30.5 Å². The molecule has 3 nitrogen and oxygen atoms in total. The van der Waals surface area contributed by atoms with Gasteiger partial charge in [-0.15, -0.1) is 0 Å². The summed E-state index contributed by atoms with van der Waals surface area (Å²) in [7, 11) is 0. The van der Waals surface area contributed by atoms with Crippen molar-refractivity contribution in [2.24, 2.45) is 5.92 Å². The van der Waals surface area contributed by atoms with E-state index in [-0.39, 0.29) is 6.79 Å². The third-order valence-electron chi connectivity index (χ3n) is 3.06. The Morgan fingerprint density at radius 3 is 2.79 bits per heavy atom. The molecule has 0 amide bonds. The molecule has 0 aliphatic heterocycles. The molecular weight excluding hydrogens is 262 g/mol. The van der Waals surface area contributed by atoms with Crippen molar-refractivity contribution in [1.82, 2.24) is 5.32 Å². The van der Waals surface area contributed by atoms with Crippen LogP contribution in [-0.4, -0.2) is 19.4 Å². The number of rotatable bonds is 8. The Bertz CT molecular complexity index is 405. The molecule has 1 aromatic carbocycles. The Kier molecular flexibility index (Phi) is 5.49. The van der Waals surface area contributed by atoms with Crippen LogP contribution < -0.4 is 10.1 Å². The van der Waals surface area contributed by atoms with Gasteiger partial charge >= 0.3 is 0 Å². The van der Waals surface area contributed by atoms with E-state index in [0.717, 1.165) is 24.6 Å². The number of nitrogens with one attached hydrogen (secondary N) is 1. The average Bonchev–Trinajstić information content (AvgIpc) is 3.18.